The molecule has 0 spiro atoms. The molecule has 0 radical (unpaired) electrons. The second kappa shape index (κ2) is 11.3. The maximum absolute atomic E-state index is 13.8. The molecule has 2 aromatic carbocycles. The van der Waals surface area contributed by atoms with Crippen molar-refractivity contribution in [1.29, 1.82) is 0 Å². The van der Waals surface area contributed by atoms with E-state index >= 15 is 0 Å². The number of likely N-dealkylation sites (tertiary alicyclic amines) is 1. The lowest BCUT2D eigenvalue weighted by Gasteiger charge is -2.33. The van der Waals surface area contributed by atoms with Crippen LogP contribution in [-0.4, -0.2) is 58.9 Å². The summed E-state index contributed by atoms with van der Waals surface area (Å²) in [5, 5.41) is 6.11. The number of aromatic amines is 1. The van der Waals surface area contributed by atoms with Gasteiger partial charge in [0.1, 0.15) is 11.7 Å². The van der Waals surface area contributed by atoms with Crippen LogP contribution < -0.4 is 10.6 Å². The summed E-state index contributed by atoms with van der Waals surface area (Å²) in [7, 11) is 1.80. The van der Waals surface area contributed by atoms with Crippen molar-refractivity contribution in [3.63, 3.8) is 0 Å². The molecule has 1 aromatic heterocycles. The molecule has 1 fully saturated rings. The van der Waals surface area contributed by atoms with Crippen molar-refractivity contribution in [3.8, 4) is 11.8 Å². The molecule has 2 amide bonds. The second-order valence-corrected chi connectivity index (χ2v) is 8.24. The Labute approximate surface area is 200 Å². The lowest BCUT2D eigenvalue weighted by molar-refractivity contribution is -0.140. The van der Waals surface area contributed by atoms with E-state index in [2.05, 4.69) is 32.4 Å². The average molecular weight is 456 g/mol. The van der Waals surface area contributed by atoms with Crippen LogP contribution in [0.2, 0.25) is 0 Å². The van der Waals surface area contributed by atoms with Crippen LogP contribution in [0.1, 0.15) is 35.6 Å². The lowest BCUT2D eigenvalue weighted by atomic mass is 9.84. The maximum Gasteiger partial charge on any atom is 0.243 e. The summed E-state index contributed by atoms with van der Waals surface area (Å²) in [5.41, 5.74) is 2.79. The highest BCUT2D eigenvalue weighted by Crippen LogP contribution is 2.30. The summed E-state index contributed by atoms with van der Waals surface area (Å²) in [4.78, 5) is 35.3. The van der Waals surface area contributed by atoms with E-state index in [0.717, 1.165) is 17.5 Å². The molecular weight excluding hydrogens is 426 g/mol. The van der Waals surface area contributed by atoms with Gasteiger partial charge >= 0.3 is 0 Å². The lowest BCUT2D eigenvalue weighted by Crippen LogP contribution is -2.53. The second-order valence-electron chi connectivity index (χ2n) is 8.24. The quantitative estimate of drug-likeness (QED) is 0.477. The minimum absolute atomic E-state index is 0.0681. The standard InChI is InChI=1S/C27H29N5O2/c1-28-25(24(20-10-4-2-5-11-20)21-12-6-3-7-13-21)27(34)32-17-9-15-23(32)26(33)30-16-8-14-22-18-29-19-31-22/h2-7,10-13,18-19,23-25,28H,9,15-17H2,1H3,(H,29,31)(H,30,33)/t23-,25+/m0/s1. The summed E-state index contributed by atoms with van der Waals surface area (Å²) in [5.74, 6) is 5.41. The van der Waals surface area contributed by atoms with Crippen LogP contribution in [0.5, 0.6) is 0 Å². The summed E-state index contributed by atoms with van der Waals surface area (Å²) < 4.78 is 0. The zero-order chi connectivity index (χ0) is 23.8. The van der Waals surface area contributed by atoms with E-state index in [1.54, 1.807) is 24.5 Å². The summed E-state index contributed by atoms with van der Waals surface area (Å²) >= 11 is 0. The van der Waals surface area contributed by atoms with E-state index in [4.69, 9.17) is 0 Å². The monoisotopic (exact) mass is 455 g/mol. The van der Waals surface area contributed by atoms with Gasteiger partial charge in [-0.15, -0.1) is 0 Å². The number of nitrogens with one attached hydrogen (secondary N) is 3. The molecular formula is C27H29N5O2. The number of hydrogen-bond donors (Lipinski definition) is 3. The van der Waals surface area contributed by atoms with Gasteiger partial charge in [-0.1, -0.05) is 66.6 Å². The van der Waals surface area contributed by atoms with Gasteiger partial charge in [-0.3, -0.25) is 9.59 Å². The topological polar surface area (TPSA) is 90.1 Å². The van der Waals surface area contributed by atoms with Crippen molar-refractivity contribution in [1.82, 2.24) is 25.5 Å². The first-order valence-electron chi connectivity index (χ1n) is 11.5. The molecule has 2 atom stereocenters. The van der Waals surface area contributed by atoms with Crippen LogP contribution >= 0.6 is 0 Å². The fourth-order valence-electron chi connectivity index (χ4n) is 4.53. The van der Waals surface area contributed by atoms with Crippen LogP contribution in [0.25, 0.3) is 0 Å². The summed E-state index contributed by atoms with van der Waals surface area (Å²) in [6.45, 7) is 0.772. The summed E-state index contributed by atoms with van der Waals surface area (Å²) in [6.07, 6.45) is 4.62. The molecule has 34 heavy (non-hydrogen) atoms. The van der Waals surface area contributed by atoms with Gasteiger partial charge < -0.3 is 20.5 Å². The number of carbonyl (C=O) groups is 2. The van der Waals surface area contributed by atoms with Crippen molar-refractivity contribution in [2.24, 2.45) is 0 Å². The number of amides is 2. The van der Waals surface area contributed by atoms with Gasteiger partial charge in [-0.25, -0.2) is 4.98 Å². The van der Waals surface area contributed by atoms with Gasteiger partial charge in [-0.05, 0) is 36.9 Å². The Morgan fingerprint density at radius 2 is 1.79 bits per heavy atom. The van der Waals surface area contributed by atoms with Crippen LogP contribution in [-0.2, 0) is 9.59 Å². The van der Waals surface area contributed by atoms with Crippen LogP contribution in [0.4, 0.5) is 0 Å². The highest BCUT2D eigenvalue weighted by atomic mass is 16.2. The molecule has 0 saturated carbocycles. The predicted molar refractivity (Wildman–Crippen MR) is 131 cm³/mol. The Hall–Kier alpha value is -3.89. The van der Waals surface area contributed by atoms with Gasteiger partial charge in [0, 0.05) is 12.5 Å². The fraction of sp³-hybridized carbons (Fsp3) is 0.296. The third kappa shape index (κ3) is 5.36. The first-order chi connectivity index (χ1) is 16.7. The third-order valence-electron chi connectivity index (χ3n) is 6.14. The molecule has 0 bridgehead atoms. The third-order valence-corrected chi connectivity index (χ3v) is 6.14. The van der Waals surface area contributed by atoms with E-state index in [0.29, 0.717) is 18.7 Å². The summed E-state index contributed by atoms with van der Waals surface area (Å²) in [6, 6.07) is 19.1. The Kier molecular flexibility index (Phi) is 7.74. The number of nitrogens with zero attached hydrogens (tertiary/aromatic N) is 2. The molecule has 174 valence electrons. The Morgan fingerprint density at radius 1 is 1.12 bits per heavy atom. The van der Waals surface area contributed by atoms with Gasteiger partial charge in [0.25, 0.3) is 0 Å². The van der Waals surface area contributed by atoms with E-state index in [1.807, 2.05) is 60.7 Å². The SMILES string of the molecule is CN[C@@H](C(=O)N1CCC[C@H]1C(=O)NCC#Cc1cnc[nH]1)C(c1ccccc1)c1ccccc1. The van der Waals surface area contributed by atoms with E-state index in [-0.39, 0.29) is 24.3 Å². The maximum atomic E-state index is 13.8. The van der Waals surface area contributed by atoms with Gasteiger partial charge in [-0.2, -0.15) is 0 Å². The molecule has 1 saturated heterocycles. The smallest absolute Gasteiger partial charge is 0.243 e. The zero-order valence-electron chi connectivity index (χ0n) is 19.2. The molecule has 1 aliphatic heterocycles. The molecule has 7 nitrogen and oxygen atoms in total. The number of H-pyrrole nitrogens is 1. The average Bonchev–Trinajstić information content (AvgIpc) is 3.58. The van der Waals surface area contributed by atoms with Crippen molar-refractivity contribution >= 4 is 11.8 Å². The molecule has 2 heterocycles. The van der Waals surface area contributed by atoms with Crippen molar-refractivity contribution in [2.75, 3.05) is 20.1 Å². The number of rotatable bonds is 7. The number of carbonyl (C=O) groups excluding carboxylic acids is 2. The van der Waals surface area contributed by atoms with E-state index in [1.165, 1.54) is 0 Å². The van der Waals surface area contributed by atoms with Crippen molar-refractivity contribution < 1.29 is 9.59 Å². The van der Waals surface area contributed by atoms with Crippen molar-refractivity contribution in [2.45, 2.75) is 30.8 Å². The van der Waals surface area contributed by atoms with Gasteiger partial charge in [0.2, 0.25) is 11.8 Å². The number of aromatic nitrogens is 2. The Bertz CT molecular complexity index is 1100. The minimum atomic E-state index is -0.502. The molecule has 0 unspecified atom stereocenters. The number of likely N-dealkylation sites (N-methyl/N-ethyl adjacent to an activating group) is 1. The molecule has 4 rings (SSSR count). The molecule has 1 aliphatic rings. The van der Waals surface area contributed by atoms with E-state index in [9.17, 15) is 9.59 Å². The first-order valence-corrected chi connectivity index (χ1v) is 11.5. The van der Waals surface area contributed by atoms with E-state index < -0.39 is 12.1 Å². The highest BCUT2D eigenvalue weighted by Gasteiger charge is 2.39. The number of benzene rings is 2. The van der Waals surface area contributed by atoms with Crippen LogP contribution in [0.3, 0.4) is 0 Å². The van der Waals surface area contributed by atoms with Gasteiger partial charge in [0.15, 0.2) is 0 Å². The molecule has 3 N–H and O–H groups in total. The molecule has 7 heteroatoms. The minimum Gasteiger partial charge on any atom is -0.343 e. The first kappa shape index (κ1) is 23.3. The van der Waals surface area contributed by atoms with Crippen molar-refractivity contribution in [3.05, 3.63) is 90.0 Å². The number of imidazole rings is 1. The van der Waals surface area contributed by atoms with Crippen LogP contribution in [0.15, 0.2) is 73.2 Å². The molecule has 0 aliphatic carbocycles. The Balaban J connectivity index is 1.51. The molecule has 3 aromatic rings. The highest BCUT2D eigenvalue weighted by molar-refractivity contribution is 5.91. The fourth-order valence-corrected chi connectivity index (χ4v) is 4.53. The number of hydrogen-bond acceptors (Lipinski definition) is 4. The van der Waals surface area contributed by atoms with Crippen LogP contribution in [0, 0.1) is 11.8 Å². The zero-order valence-corrected chi connectivity index (χ0v) is 19.2. The normalized spacial score (nSPS) is 16.1. The largest absolute Gasteiger partial charge is 0.343 e. The van der Waals surface area contributed by atoms with Gasteiger partial charge in [0.05, 0.1) is 25.1 Å². The predicted octanol–water partition coefficient (Wildman–Crippen LogP) is 2.29. The Morgan fingerprint density at radius 3 is 2.38 bits per heavy atom.